The van der Waals surface area contributed by atoms with Crippen molar-refractivity contribution < 1.29 is 4.79 Å². The number of hydrogen-bond acceptors (Lipinski definition) is 4. The topological polar surface area (TPSA) is 66.9 Å². The molecule has 1 heterocycles. The summed E-state index contributed by atoms with van der Waals surface area (Å²) in [5, 5.41) is 6.15. The van der Waals surface area contributed by atoms with E-state index in [1.54, 1.807) is 24.3 Å². The first-order valence-electron chi connectivity index (χ1n) is 5.76. The number of hydrogen-bond donors (Lipinski definition) is 2. The van der Waals surface area contributed by atoms with Crippen molar-refractivity contribution in [3.05, 3.63) is 47.4 Å². The molecular formula is C14H11ClN4O. The zero-order valence-electron chi connectivity index (χ0n) is 10.4. The minimum atomic E-state index is -0.375. The Hall–Kier alpha value is -2.58. The van der Waals surface area contributed by atoms with Crippen molar-refractivity contribution >= 4 is 29.0 Å². The second-order valence-electron chi connectivity index (χ2n) is 3.77. The van der Waals surface area contributed by atoms with Gasteiger partial charge in [-0.1, -0.05) is 17.5 Å². The first-order valence-corrected chi connectivity index (χ1v) is 6.14. The Balaban J connectivity index is 2.16. The molecule has 20 heavy (non-hydrogen) atoms. The minimum absolute atomic E-state index is 0.178. The Morgan fingerprint density at radius 2 is 1.95 bits per heavy atom. The third kappa shape index (κ3) is 3.46. The molecule has 0 bridgehead atoms. The van der Waals surface area contributed by atoms with Gasteiger partial charge in [0.25, 0.3) is 5.91 Å². The number of rotatable bonds is 4. The Bertz CT molecular complexity index is 649. The molecule has 0 unspecified atom stereocenters. The number of nitrogens with one attached hydrogen (secondary N) is 2. The lowest BCUT2D eigenvalue weighted by atomic mass is 10.3. The number of aromatic nitrogens is 2. The number of anilines is 2. The average Bonchev–Trinajstić information content (AvgIpc) is 2.47. The highest BCUT2D eigenvalue weighted by Gasteiger charge is 2.13. The summed E-state index contributed by atoms with van der Waals surface area (Å²) in [7, 11) is 0. The predicted molar refractivity (Wildman–Crippen MR) is 78.8 cm³/mol. The van der Waals surface area contributed by atoms with Crippen LogP contribution in [-0.2, 0) is 0 Å². The third-order valence-corrected chi connectivity index (χ3v) is 2.63. The molecule has 0 aliphatic carbocycles. The first kappa shape index (κ1) is 13.8. The van der Waals surface area contributed by atoms with Crippen LogP contribution in [0.4, 0.5) is 11.5 Å². The van der Waals surface area contributed by atoms with Gasteiger partial charge in [0.05, 0.1) is 6.54 Å². The molecule has 6 heteroatoms. The van der Waals surface area contributed by atoms with Crippen molar-refractivity contribution in [3.8, 4) is 12.3 Å². The molecule has 5 nitrogen and oxygen atoms in total. The second-order valence-corrected chi connectivity index (χ2v) is 4.21. The van der Waals surface area contributed by atoms with Gasteiger partial charge in [0.2, 0.25) is 0 Å². The van der Waals surface area contributed by atoms with Crippen LogP contribution in [0.3, 0.4) is 0 Å². The fourth-order valence-corrected chi connectivity index (χ4v) is 1.62. The lowest BCUT2D eigenvalue weighted by Gasteiger charge is -2.08. The van der Waals surface area contributed by atoms with E-state index in [1.165, 1.54) is 12.4 Å². The van der Waals surface area contributed by atoms with E-state index in [1.807, 2.05) is 0 Å². The molecular weight excluding hydrogens is 276 g/mol. The molecule has 1 aromatic carbocycles. The summed E-state index contributed by atoms with van der Waals surface area (Å²) in [6, 6.07) is 6.77. The highest BCUT2D eigenvalue weighted by Crippen LogP contribution is 2.15. The second kappa shape index (κ2) is 6.55. The number of amides is 1. The smallest absolute Gasteiger partial charge is 0.278 e. The zero-order valence-corrected chi connectivity index (χ0v) is 11.2. The number of carbonyl (C=O) groups is 1. The van der Waals surface area contributed by atoms with E-state index in [2.05, 4.69) is 26.5 Å². The van der Waals surface area contributed by atoms with Gasteiger partial charge in [-0.15, -0.1) is 6.42 Å². The number of benzene rings is 1. The van der Waals surface area contributed by atoms with Crippen LogP contribution in [0.25, 0.3) is 0 Å². The SMILES string of the molecule is C#CCNc1nccnc1C(=O)Nc1ccc(Cl)cc1. The summed E-state index contributed by atoms with van der Waals surface area (Å²) >= 11 is 5.78. The van der Waals surface area contributed by atoms with Gasteiger partial charge in [0.15, 0.2) is 11.5 Å². The molecule has 2 rings (SSSR count). The maximum Gasteiger partial charge on any atom is 0.278 e. The van der Waals surface area contributed by atoms with Crippen molar-refractivity contribution in [2.45, 2.75) is 0 Å². The molecule has 0 saturated carbocycles. The molecule has 0 radical (unpaired) electrons. The summed E-state index contributed by atoms with van der Waals surface area (Å²) in [6.45, 7) is 0.264. The lowest BCUT2D eigenvalue weighted by Crippen LogP contribution is -2.17. The Morgan fingerprint density at radius 1 is 1.25 bits per heavy atom. The van der Waals surface area contributed by atoms with Crippen LogP contribution in [0.5, 0.6) is 0 Å². The van der Waals surface area contributed by atoms with Gasteiger partial charge >= 0.3 is 0 Å². The van der Waals surface area contributed by atoms with Gasteiger partial charge in [0.1, 0.15) is 0 Å². The highest BCUT2D eigenvalue weighted by molar-refractivity contribution is 6.30. The molecule has 0 spiro atoms. The fourth-order valence-electron chi connectivity index (χ4n) is 1.49. The Morgan fingerprint density at radius 3 is 2.65 bits per heavy atom. The van der Waals surface area contributed by atoms with Crippen molar-refractivity contribution in [1.29, 1.82) is 0 Å². The Labute approximate surface area is 121 Å². The van der Waals surface area contributed by atoms with E-state index in [-0.39, 0.29) is 18.1 Å². The summed E-state index contributed by atoms with van der Waals surface area (Å²) in [6.07, 6.45) is 8.09. The minimum Gasteiger partial charge on any atom is -0.357 e. The summed E-state index contributed by atoms with van der Waals surface area (Å²) < 4.78 is 0. The van der Waals surface area contributed by atoms with Crippen LogP contribution in [0.15, 0.2) is 36.7 Å². The molecule has 0 aliphatic heterocycles. The van der Waals surface area contributed by atoms with Crippen LogP contribution in [0.1, 0.15) is 10.5 Å². The van der Waals surface area contributed by atoms with Gasteiger partial charge < -0.3 is 10.6 Å². The quantitative estimate of drug-likeness (QED) is 0.847. The van der Waals surface area contributed by atoms with Gasteiger partial charge in [-0.25, -0.2) is 9.97 Å². The van der Waals surface area contributed by atoms with Gasteiger partial charge in [-0.05, 0) is 24.3 Å². The van der Waals surface area contributed by atoms with Gasteiger partial charge in [0, 0.05) is 23.1 Å². The van der Waals surface area contributed by atoms with E-state index < -0.39 is 0 Å². The molecule has 0 fully saturated rings. The average molecular weight is 287 g/mol. The first-order chi connectivity index (χ1) is 9.70. The summed E-state index contributed by atoms with van der Waals surface area (Å²) in [5.74, 6) is 2.38. The normalized spacial score (nSPS) is 9.60. The maximum atomic E-state index is 12.1. The molecule has 2 aromatic rings. The Kier molecular flexibility index (Phi) is 4.53. The molecule has 0 aliphatic rings. The molecule has 1 amide bonds. The van der Waals surface area contributed by atoms with Crippen molar-refractivity contribution in [1.82, 2.24) is 9.97 Å². The van der Waals surface area contributed by atoms with Crippen molar-refractivity contribution in [2.75, 3.05) is 17.2 Å². The number of halogens is 1. The van der Waals surface area contributed by atoms with Crippen LogP contribution >= 0.6 is 11.6 Å². The highest BCUT2D eigenvalue weighted by atomic mass is 35.5. The van der Waals surface area contributed by atoms with Crippen LogP contribution in [0, 0.1) is 12.3 Å². The fraction of sp³-hybridized carbons (Fsp3) is 0.0714. The predicted octanol–water partition coefficient (Wildman–Crippen LogP) is 2.43. The van der Waals surface area contributed by atoms with E-state index >= 15 is 0 Å². The maximum absolute atomic E-state index is 12.1. The molecule has 100 valence electrons. The lowest BCUT2D eigenvalue weighted by molar-refractivity contribution is 0.102. The number of nitrogens with zero attached hydrogens (tertiary/aromatic N) is 2. The van der Waals surface area contributed by atoms with Gasteiger partial charge in [-0.2, -0.15) is 0 Å². The van der Waals surface area contributed by atoms with Gasteiger partial charge in [-0.3, -0.25) is 4.79 Å². The summed E-state index contributed by atoms with van der Waals surface area (Å²) in [5.41, 5.74) is 0.797. The van der Waals surface area contributed by atoms with E-state index in [4.69, 9.17) is 18.0 Å². The summed E-state index contributed by atoms with van der Waals surface area (Å²) in [4.78, 5) is 20.2. The van der Waals surface area contributed by atoms with Crippen LogP contribution < -0.4 is 10.6 Å². The molecule has 0 atom stereocenters. The van der Waals surface area contributed by atoms with Crippen LogP contribution in [-0.4, -0.2) is 22.4 Å². The number of carbonyl (C=O) groups excluding carboxylic acids is 1. The number of terminal acetylenes is 1. The van der Waals surface area contributed by atoms with Crippen molar-refractivity contribution in [2.24, 2.45) is 0 Å². The molecule has 2 N–H and O–H groups in total. The standard InChI is InChI=1S/C14H11ClN4O/c1-2-7-17-13-12(16-8-9-18-13)14(20)19-11-5-3-10(15)4-6-11/h1,3-6,8-9H,7H2,(H,17,18)(H,19,20). The van der Waals surface area contributed by atoms with E-state index in [0.717, 1.165) is 0 Å². The largest absolute Gasteiger partial charge is 0.357 e. The van der Waals surface area contributed by atoms with E-state index in [9.17, 15) is 4.79 Å². The third-order valence-electron chi connectivity index (χ3n) is 2.37. The molecule has 1 aromatic heterocycles. The van der Waals surface area contributed by atoms with Crippen LogP contribution in [0.2, 0.25) is 5.02 Å². The van der Waals surface area contributed by atoms with Crippen molar-refractivity contribution in [3.63, 3.8) is 0 Å². The zero-order chi connectivity index (χ0) is 14.4. The monoisotopic (exact) mass is 286 g/mol. The molecule has 0 saturated heterocycles. The van der Waals surface area contributed by atoms with E-state index in [0.29, 0.717) is 16.5 Å².